The van der Waals surface area contributed by atoms with Crippen molar-refractivity contribution in [2.45, 2.75) is 39.3 Å². The molecule has 0 aliphatic carbocycles. The molecule has 1 atom stereocenters. The van der Waals surface area contributed by atoms with Crippen molar-refractivity contribution >= 4 is 0 Å². The van der Waals surface area contributed by atoms with Crippen molar-refractivity contribution in [1.29, 1.82) is 5.26 Å². The number of hydrogen-bond acceptors (Lipinski definition) is 3. The smallest absolute Gasteiger partial charge is 0.0638 e. The van der Waals surface area contributed by atoms with Gasteiger partial charge in [-0.2, -0.15) is 5.26 Å². The Labute approximate surface area is 97.7 Å². The van der Waals surface area contributed by atoms with Gasteiger partial charge in [0, 0.05) is 25.0 Å². The summed E-state index contributed by atoms with van der Waals surface area (Å²) in [6, 6.07) is 6.69. The SMILES string of the molecule is CCC(CC#N)N(CC)Cc1ccncc1. The number of aromatic nitrogens is 1. The summed E-state index contributed by atoms with van der Waals surface area (Å²) < 4.78 is 0. The summed E-state index contributed by atoms with van der Waals surface area (Å²) in [5.41, 5.74) is 1.26. The van der Waals surface area contributed by atoms with Crippen molar-refractivity contribution in [2.75, 3.05) is 6.54 Å². The number of hydrogen-bond donors (Lipinski definition) is 0. The van der Waals surface area contributed by atoms with Gasteiger partial charge in [-0.1, -0.05) is 13.8 Å². The Kier molecular flexibility index (Phi) is 5.52. The minimum atomic E-state index is 0.364. The minimum absolute atomic E-state index is 0.364. The minimum Gasteiger partial charge on any atom is -0.295 e. The third kappa shape index (κ3) is 3.63. The van der Waals surface area contributed by atoms with E-state index in [1.54, 1.807) is 0 Å². The highest BCUT2D eigenvalue weighted by molar-refractivity contribution is 5.09. The summed E-state index contributed by atoms with van der Waals surface area (Å²) in [6.07, 6.45) is 5.25. The van der Waals surface area contributed by atoms with E-state index < -0.39 is 0 Å². The number of nitrogens with zero attached hydrogens (tertiary/aromatic N) is 3. The van der Waals surface area contributed by atoms with Crippen LogP contribution in [-0.4, -0.2) is 22.5 Å². The molecule has 86 valence electrons. The molecule has 3 heteroatoms. The van der Waals surface area contributed by atoms with Gasteiger partial charge in [-0.15, -0.1) is 0 Å². The highest BCUT2D eigenvalue weighted by Crippen LogP contribution is 2.12. The first-order valence-electron chi connectivity index (χ1n) is 5.81. The van der Waals surface area contributed by atoms with Gasteiger partial charge in [0.25, 0.3) is 0 Å². The third-order valence-electron chi connectivity index (χ3n) is 2.86. The molecule has 0 saturated heterocycles. The summed E-state index contributed by atoms with van der Waals surface area (Å²) in [7, 11) is 0. The zero-order chi connectivity index (χ0) is 11.8. The molecule has 0 radical (unpaired) electrons. The van der Waals surface area contributed by atoms with E-state index in [0.717, 1.165) is 19.5 Å². The Morgan fingerprint density at radius 3 is 2.56 bits per heavy atom. The molecule has 3 nitrogen and oxygen atoms in total. The molecular formula is C13H19N3. The molecule has 0 aromatic carbocycles. The molecule has 0 N–H and O–H groups in total. The molecule has 0 spiro atoms. The van der Waals surface area contributed by atoms with Crippen molar-refractivity contribution < 1.29 is 0 Å². The molecule has 1 unspecified atom stereocenters. The van der Waals surface area contributed by atoms with Crippen LogP contribution in [0.2, 0.25) is 0 Å². The van der Waals surface area contributed by atoms with E-state index in [1.807, 2.05) is 24.5 Å². The first kappa shape index (κ1) is 12.7. The van der Waals surface area contributed by atoms with Crippen molar-refractivity contribution in [2.24, 2.45) is 0 Å². The molecule has 1 rings (SSSR count). The van der Waals surface area contributed by atoms with E-state index in [1.165, 1.54) is 5.56 Å². The first-order chi connectivity index (χ1) is 7.81. The molecule has 16 heavy (non-hydrogen) atoms. The molecular weight excluding hydrogens is 198 g/mol. The fourth-order valence-corrected chi connectivity index (χ4v) is 1.86. The summed E-state index contributed by atoms with van der Waals surface area (Å²) in [5.74, 6) is 0. The lowest BCUT2D eigenvalue weighted by Gasteiger charge is -2.28. The Bertz CT molecular complexity index is 329. The second kappa shape index (κ2) is 6.97. The Morgan fingerprint density at radius 1 is 1.38 bits per heavy atom. The van der Waals surface area contributed by atoms with E-state index in [9.17, 15) is 0 Å². The maximum absolute atomic E-state index is 8.79. The normalized spacial score (nSPS) is 12.4. The van der Waals surface area contributed by atoms with Gasteiger partial charge >= 0.3 is 0 Å². The molecule has 0 aliphatic rings. The number of rotatable bonds is 6. The quantitative estimate of drug-likeness (QED) is 0.735. The van der Waals surface area contributed by atoms with Crippen molar-refractivity contribution in [1.82, 2.24) is 9.88 Å². The lowest BCUT2D eigenvalue weighted by atomic mass is 10.1. The highest BCUT2D eigenvalue weighted by atomic mass is 15.1. The van der Waals surface area contributed by atoms with E-state index in [0.29, 0.717) is 12.5 Å². The van der Waals surface area contributed by atoms with Crippen LogP contribution in [0, 0.1) is 11.3 Å². The van der Waals surface area contributed by atoms with Gasteiger partial charge in [0.2, 0.25) is 0 Å². The summed E-state index contributed by atoms with van der Waals surface area (Å²) in [5, 5.41) is 8.79. The summed E-state index contributed by atoms with van der Waals surface area (Å²) >= 11 is 0. The molecule has 1 heterocycles. The molecule has 0 saturated carbocycles. The van der Waals surface area contributed by atoms with Crippen LogP contribution < -0.4 is 0 Å². The van der Waals surface area contributed by atoms with Crippen molar-refractivity contribution in [3.05, 3.63) is 30.1 Å². The van der Waals surface area contributed by atoms with E-state index in [2.05, 4.69) is 29.8 Å². The van der Waals surface area contributed by atoms with Gasteiger partial charge in [0.15, 0.2) is 0 Å². The molecule has 0 aliphatic heterocycles. The van der Waals surface area contributed by atoms with Gasteiger partial charge in [-0.3, -0.25) is 9.88 Å². The van der Waals surface area contributed by atoms with E-state index in [4.69, 9.17) is 5.26 Å². The number of pyridine rings is 1. The maximum Gasteiger partial charge on any atom is 0.0638 e. The third-order valence-corrected chi connectivity index (χ3v) is 2.86. The second-order valence-corrected chi connectivity index (χ2v) is 3.84. The van der Waals surface area contributed by atoms with Gasteiger partial charge in [-0.25, -0.2) is 0 Å². The Balaban J connectivity index is 2.64. The zero-order valence-electron chi connectivity index (χ0n) is 10.1. The average Bonchev–Trinajstić information content (AvgIpc) is 2.35. The van der Waals surface area contributed by atoms with Gasteiger partial charge in [-0.05, 0) is 30.7 Å². The van der Waals surface area contributed by atoms with Crippen molar-refractivity contribution in [3.8, 4) is 6.07 Å². The largest absolute Gasteiger partial charge is 0.295 e. The van der Waals surface area contributed by atoms with Gasteiger partial charge in [0.1, 0.15) is 0 Å². The van der Waals surface area contributed by atoms with Crippen LogP contribution >= 0.6 is 0 Å². The summed E-state index contributed by atoms with van der Waals surface area (Å²) in [6.45, 7) is 6.15. The number of nitriles is 1. The zero-order valence-corrected chi connectivity index (χ0v) is 10.1. The van der Waals surface area contributed by atoms with Crippen LogP contribution in [0.4, 0.5) is 0 Å². The van der Waals surface area contributed by atoms with E-state index >= 15 is 0 Å². The van der Waals surface area contributed by atoms with E-state index in [-0.39, 0.29) is 0 Å². The first-order valence-corrected chi connectivity index (χ1v) is 5.81. The second-order valence-electron chi connectivity index (χ2n) is 3.84. The Morgan fingerprint density at radius 2 is 2.06 bits per heavy atom. The monoisotopic (exact) mass is 217 g/mol. The van der Waals surface area contributed by atoms with Crippen molar-refractivity contribution in [3.63, 3.8) is 0 Å². The van der Waals surface area contributed by atoms with Crippen LogP contribution in [-0.2, 0) is 6.54 Å². The predicted octanol–water partition coefficient (Wildman–Crippen LogP) is 2.60. The van der Waals surface area contributed by atoms with Crippen LogP contribution in [0.15, 0.2) is 24.5 Å². The topological polar surface area (TPSA) is 39.9 Å². The van der Waals surface area contributed by atoms with Crippen LogP contribution in [0.5, 0.6) is 0 Å². The lowest BCUT2D eigenvalue weighted by Crippen LogP contribution is -2.33. The molecule has 0 amide bonds. The maximum atomic E-state index is 8.79. The highest BCUT2D eigenvalue weighted by Gasteiger charge is 2.14. The predicted molar refractivity (Wildman–Crippen MR) is 64.6 cm³/mol. The van der Waals surface area contributed by atoms with Crippen LogP contribution in [0.1, 0.15) is 32.3 Å². The van der Waals surface area contributed by atoms with Gasteiger partial charge in [0.05, 0.1) is 12.5 Å². The molecule has 1 aromatic heterocycles. The van der Waals surface area contributed by atoms with Gasteiger partial charge < -0.3 is 0 Å². The fraction of sp³-hybridized carbons (Fsp3) is 0.538. The summed E-state index contributed by atoms with van der Waals surface area (Å²) in [4.78, 5) is 6.35. The fourth-order valence-electron chi connectivity index (χ4n) is 1.86. The molecule has 1 aromatic rings. The lowest BCUT2D eigenvalue weighted by molar-refractivity contribution is 0.194. The average molecular weight is 217 g/mol. The van der Waals surface area contributed by atoms with Crippen LogP contribution in [0.3, 0.4) is 0 Å². The molecule has 0 bridgehead atoms. The molecule has 0 fully saturated rings. The van der Waals surface area contributed by atoms with Crippen LogP contribution in [0.25, 0.3) is 0 Å². The Hall–Kier alpha value is -1.40. The standard InChI is InChI=1S/C13H19N3/c1-3-13(5-8-14)16(4-2)11-12-6-9-15-10-7-12/h6-7,9-10,13H,3-5,11H2,1-2H3.